The number of amides is 1. The maximum atomic E-state index is 13.5. The van der Waals surface area contributed by atoms with Gasteiger partial charge in [-0.25, -0.2) is 9.97 Å². The fraction of sp³-hybridized carbons (Fsp3) is 0.333. The van der Waals surface area contributed by atoms with Crippen molar-refractivity contribution in [2.24, 2.45) is 0 Å². The summed E-state index contributed by atoms with van der Waals surface area (Å²) in [6, 6.07) is 9.69. The number of ether oxygens (including phenoxy) is 1. The van der Waals surface area contributed by atoms with Crippen LogP contribution >= 0.6 is 23.1 Å². The fourth-order valence-electron chi connectivity index (χ4n) is 4.12. The van der Waals surface area contributed by atoms with Crippen molar-refractivity contribution in [1.82, 2.24) is 14.5 Å². The van der Waals surface area contributed by atoms with Crippen LogP contribution in [0.1, 0.15) is 24.0 Å². The summed E-state index contributed by atoms with van der Waals surface area (Å²) in [4.78, 5) is 36.3. The van der Waals surface area contributed by atoms with E-state index in [9.17, 15) is 9.59 Å². The molecule has 0 aliphatic carbocycles. The average Bonchev–Trinajstić information content (AvgIpc) is 3.45. The maximum Gasteiger partial charge on any atom is 0.272 e. The first kappa shape index (κ1) is 22.1. The van der Waals surface area contributed by atoms with Crippen LogP contribution in [0.15, 0.2) is 46.5 Å². The van der Waals surface area contributed by atoms with Crippen LogP contribution in [0.2, 0.25) is 0 Å². The van der Waals surface area contributed by atoms with Gasteiger partial charge in [-0.1, -0.05) is 30.0 Å². The Balaban J connectivity index is 1.48. The molecule has 33 heavy (non-hydrogen) atoms. The molecule has 0 bridgehead atoms. The standard InChI is InChI=1S/C24H24N4O3S2/c1-14-6-3-7-15(2)19(14)26-18(29)13-32-24-27-20-17-9-4-10-25-22(17)33-21(20)23(30)28(24)12-16-8-5-11-31-16/h3-4,6-7,9-10,16H,5,8,11-13H2,1-2H3,(H,26,29). The Morgan fingerprint density at radius 2 is 2.09 bits per heavy atom. The Labute approximate surface area is 199 Å². The number of hydrogen-bond donors (Lipinski definition) is 1. The molecule has 7 nitrogen and oxygen atoms in total. The smallest absolute Gasteiger partial charge is 0.272 e. The second-order valence-electron chi connectivity index (χ2n) is 8.18. The average molecular weight is 481 g/mol. The van der Waals surface area contributed by atoms with E-state index >= 15 is 0 Å². The van der Waals surface area contributed by atoms with Crippen molar-refractivity contribution in [1.29, 1.82) is 0 Å². The van der Waals surface area contributed by atoms with Gasteiger partial charge in [0.2, 0.25) is 5.91 Å². The predicted molar refractivity (Wildman–Crippen MR) is 133 cm³/mol. The molecule has 1 aliphatic rings. The van der Waals surface area contributed by atoms with Gasteiger partial charge in [0.05, 0.1) is 23.9 Å². The molecule has 4 heterocycles. The molecule has 3 aromatic heterocycles. The number of nitrogens with zero attached hydrogens (tertiary/aromatic N) is 3. The minimum Gasteiger partial charge on any atom is -0.376 e. The number of thioether (sulfide) groups is 1. The molecule has 1 fully saturated rings. The van der Waals surface area contributed by atoms with Crippen molar-refractivity contribution in [3.63, 3.8) is 0 Å². The lowest BCUT2D eigenvalue weighted by Crippen LogP contribution is -2.28. The van der Waals surface area contributed by atoms with Crippen LogP contribution in [0.3, 0.4) is 0 Å². The lowest BCUT2D eigenvalue weighted by Gasteiger charge is -2.16. The summed E-state index contributed by atoms with van der Waals surface area (Å²) in [5.74, 6) is 0.0182. The Hall–Kier alpha value is -2.75. The van der Waals surface area contributed by atoms with Gasteiger partial charge in [-0.05, 0) is 49.9 Å². The van der Waals surface area contributed by atoms with Gasteiger partial charge in [0.1, 0.15) is 9.53 Å². The summed E-state index contributed by atoms with van der Waals surface area (Å²) in [6.07, 6.45) is 3.60. The zero-order valence-corrected chi connectivity index (χ0v) is 20.1. The number of carbonyl (C=O) groups excluding carboxylic acids is 1. The first-order chi connectivity index (χ1) is 16.0. The molecule has 0 spiro atoms. The van der Waals surface area contributed by atoms with Crippen LogP contribution in [0.4, 0.5) is 5.69 Å². The Morgan fingerprint density at radius 3 is 2.85 bits per heavy atom. The first-order valence-corrected chi connectivity index (χ1v) is 12.7. The van der Waals surface area contributed by atoms with E-state index in [1.165, 1.54) is 23.1 Å². The van der Waals surface area contributed by atoms with E-state index in [1.807, 2.05) is 44.2 Å². The number of rotatable bonds is 6. The molecule has 0 radical (unpaired) electrons. The zero-order valence-electron chi connectivity index (χ0n) is 18.5. The second kappa shape index (κ2) is 9.24. The van der Waals surface area contributed by atoms with Gasteiger partial charge < -0.3 is 10.1 Å². The third-order valence-electron chi connectivity index (χ3n) is 5.81. The van der Waals surface area contributed by atoms with E-state index in [2.05, 4.69) is 10.3 Å². The van der Waals surface area contributed by atoms with Crippen molar-refractivity contribution in [3.8, 4) is 0 Å². The third kappa shape index (κ3) is 4.40. The summed E-state index contributed by atoms with van der Waals surface area (Å²) in [7, 11) is 0. The highest BCUT2D eigenvalue weighted by Gasteiger charge is 2.22. The number of nitrogens with one attached hydrogen (secondary N) is 1. The number of hydrogen-bond acceptors (Lipinski definition) is 7. The minimum atomic E-state index is -0.132. The van der Waals surface area contributed by atoms with E-state index in [0.29, 0.717) is 28.5 Å². The van der Waals surface area contributed by atoms with Gasteiger partial charge >= 0.3 is 0 Å². The van der Waals surface area contributed by atoms with Crippen molar-refractivity contribution in [3.05, 3.63) is 58.0 Å². The molecule has 1 unspecified atom stereocenters. The molecule has 1 atom stereocenters. The maximum absolute atomic E-state index is 13.5. The van der Waals surface area contributed by atoms with Gasteiger partial charge in [0.15, 0.2) is 5.16 Å². The van der Waals surface area contributed by atoms with Crippen LogP contribution in [0.25, 0.3) is 20.4 Å². The minimum absolute atomic E-state index is 0.0164. The highest BCUT2D eigenvalue weighted by atomic mass is 32.2. The molecule has 5 rings (SSSR count). The first-order valence-electron chi connectivity index (χ1n) is 10.9. The molecular weight excluding hydrogens is 456 g/mol. The number of aromatic nitrogens is 3. The van der Waals surface area contributed by atoms with Crippen LogP contribution in [0.5, 0.6) is 0 Å². The molecule has 1 aromatic carbocycles. The lowest BCUT2D eigenvalue weighted by molar-refractivity contribution is -0.113. The van der Waals surface area contributed by atoms with E-state index in [0.717, 1.165) is 39.9 Å². The number of thiophene rings is 1. The Bertz CT molecular complexity index is 1390. The number of fused-ring (bicyclic) bond motifs is 3. The van der Waals surface area contributed by atoms with Gasteiger partial charge in [-0.15, -0.1) is 11.3 Å². The summed E-state index contributed by atoms with van der Waals surface area (Å²) < 4.78 is 8.04. The summed E-state index contributed by atoms with van der Waals surface area (Å²) >= 11 is 2.64. The van der Waals surface area contributed by atoms with Crippen LogP contribution in [-0.2, 0) is 16.1 Å². The monoisotopic (exact) mass is 480 g/mol. The second-order valence-corrected chi connectivity index (χ2v) is 10.1. The van der Waals surface area contributed by atoms with E-state index < -0.39 is 0 Å². The quantitative estimate of drug-likeness (QED) is 0.322. The molecule has 1 saturated heterocycles. The van der Waals surface area contributed by atoms with Crippen LogP contribution < -0.4 is 10.9 Å². The number of anilines is 1. The summed E-state index contributed by atoms with van der Waals surface area (Å²) in [5, 5.41) is 4.40. The van der Waals surface area contributed by atoms with Gasteiger partial charge in [-0.3, -0.25) is 14.2 Å². The molecule has 9 heteroatoms. The molecule has 4 aromatic rings. The van der Waals surface area contributed by atoms with Crippen LogP contribution in [-0.4, -0.2) is 38.9 Å². The van der Waals surface area contributed by atoms with E-state index in [-0.39, 0.29) is 23.3 Å². The van der Waals surface area contributed by atoms with E-state index in [1.54, 1.807) is 10.8 Å². The number of carbonyl (C=O) groups is 1. The normalized spacial score (nSPS) is 16.0. The van der Waals surface area contributed by atoms with Gasteiger partial charge in [-0.2, -0.15) is 0 Å². The summed E-state index contributed by atoms with van der Waals surface area (Å²) in [6.45, 7) is 5.09. The number of pyridine rings is 1. The molecular formula is C24H24N4O3S2. The third-order valence-corrected chi connectivity index (χ3v) is 7.87. The van der Waals surface area contributed by atoms with Crippen molar-refractivity contribution in [2.45, 2.75) is 44.5 Å². The number of aryl methyl sites for hydroxylation is 2. The molecule has 1 amide bonds. The fourth-order valence-corrected chi connectivity index (χ4v) is 5.95. The summed E-state index contributed by atoms with van der Waals surface area (Å²) in [5.41, 5.74) is 3.41. The zero-order chi connectivity index (χ0) is 22.9. The lowest BCUT2D eigenvalue weighted by atomic mass is 10.1. The SMILES string of the molecule is Cc1cccc(C)c1NC(=O)CSc1nc2c(sc3ncccc32)c(=O)n1CC1CCCO1. The molecule has 1 N–H and O–H groups in total. The molecule has 1 aliphatic heterocycles. The van der Waals surface area contributed by atoms with Gasteiger partial charge in [0, 0.05) is 23.9 Å². The number of benzene rings is 1. The van der Waals surface area contributed by atoms with Crippen molar-refractivity contribution in [2.75, 3.05) is 17.7 Å². The molecule has 170 valence electrons. The number of para-hydroxylation sites is 1. The predicted octanol–water partition coefficient (Wildman–Crippen LogP) is 4.53. The highest BCUT2D eigenvalue weighted by molar-refractivity contribution is 7.99. The van der Waals surface area contributed by atoms with Crippen molar-refractivity contribution < 1.29 is 9.53 Å². The Kier molecular flexibility index (Phi) is 6.18. The van der Waals surface area contributed by atoms with Gasteiger partial charge in [0.25, 0.3) is 5.56 Å². The van der Waals surface area contributed by atoms with Crippen molar-refractivity contribution >= 4 is 55.1 Å². The topological polar surface area (TPSA) is 86.1 Å². The van der Waals surface area contributed by atoms with Crippen LogP contribution in [0, 0.1) is 13.8 Å². The largest absolute Gasteiger partial charge is 0.376 e. The Morgan fingerprint density at radius 1 is 1.27 bits per heavy atom. The van der Waals surface area contributed by atoms with E-state index in [4.69, 9.17) is 9.72 Å². The molecule has 0 saturated carbocycles. The highest BCUT2D eigenvalue weighted by Crippen LogP contribution is 2.31.